The van der Waals surface area contributed by atoms with Crippen molar-refractivity contribution >= 4 is 45.8 Å². The largest absolute Gasteiger partial charge is 0.492 e. The molecule has 0 aliphatic carbocycles. The van der Waals surface area contributed by atoms with Gasteiger partial charge in [0.05, 0.1) is 30.9 Å². The van der Waals surface area contributed by atoms with Crippen molar-refractivity contribution in [2.75, 3.05) is 38.3 Å². The van der Waals surface area contributed by atoms with E-state index >= 15 is 4.39 Å². The van der Waals surface area contributed by atoms with Crippen molar-refractivity contribution in [2.45, 2.75) is 6.61 Å². The fraction of sp³-hybridized carbons (Fsp3) is 0.222. The van der Waals surface area contributed by atoms with Gasteiger partial charge in [0.25, 0.3) is 0 Å². The summed E-state index contributed by atoms with van der Waals surface area (Å²) in [7, 11) is 1.31. The summed E-state index contributed by atoms with van der Waals surface area (Å²) in [5.41, 5.74) is 0.677. The first-order valence-electron chi connectivity index (χ1n) is 11.5. The molecular weight excluding hydrogens is 520 g/mol. The summed E-state index contributed by atoms with van der Waals surface area (Å²) in [6.07, 6.45) is 0. The molecule has 37 heavy (non-hydrogen) atoms. The van der Waals surface area contributed by atoms with E-state index in [0.717, 1.165) is 16.3 Å². The molecular formula is C27H22Cl2FN3O4. The Balaban J connectivity index is 1.54. The first-order chi connectivity index (χ1) is 18.0. The third-order valence-corrected chi connectivity index (χ3v) is 6.72. The number of esters is 1. The molecule has 1 fully saturated rings. The molecule has 0 unspecified atom stereocenters. The zero-order valence-corrected chi connectivity index (χ0v) is 21.4. The lowest BCUT2D eigenvalue weighted by atomic mass is 10.1. The lowest BCUT2D eigenvalue weighted by Gasteiger charge is -2.29. The molecule has 5 rings (SSSR count). The summed E-state index contributed by atoms with van der Waals surface area (Å²) >= 11 is 12.7. The van der Waals surface area contributed by atoms with E-state index in [4.69, 9.17) is 37.4 Å². The summed E-state index contributed by atoms with van der Waals surface area (Å²) in [5.74, 6) is -1.40. The fourth-order valence-electron chi connectivity index (χ4n) is 4.20. The summed E-state index contributed by atoms with van der Waals surface area (Å²) in [5, 5.41) is 2.12. The number of anilines is 1. The van der Waals surface area contributed by atoms with Gasteiger partial charge in [-0.25, -0.2) is 19.2 Å². The van der Waals surface area contributed by atoms with E-state index in [2.05, 4.69) is 9.97 Å². The van der Waals surface area contributed by atoms with Crippen LogP contribution in [0.25, 0.3) is 22.2 Å². The molecule has 1 aromatic heterocycles. The Morgan fingerprint density at radius 3 is 2.59 bits per heavy atom. The number of carbonyl (C=O) groups excluding carboxylic acids is 1. The number of hydrogen-bond donors (Lipinski definition) is 0. The van der Waals surface area contributed by atoms with Gasteiger partial charge in [-0.1, -0.05) is 65.7 Å². The number of morpholine rings is 1. The van der Waals surface area contributed by atoms with Gasteiger partial charge in [-0.3, -0.25) is 0 Å². The molecule has 0 bridgehead atoms. The van der Waals surface area contributed by atoms with Crippen molar-refractivity contribution in [1.29, 1.82) is 0 Å². The van der Waals surface area contributed by atoms with Crippen LogP contribution in [0.3, 0.4) is 0 Å². The second kappa shape index (κ2) is 10.9. The van der Waals surface area contributed by atoms with Crippen LogP contribution in [0.1, 0.15) is 16.1 Å². The number of rotatable bonds is 6. The van der Waals surface area contributed by atoms with E-state index in [-0.39, 0.29) is 39.5 Å². The van der Waals surface area contributed by atoms with Crippen LogP contribution in [0.4, 0.5) is 10.2 Å². The Morgan fingerprint density at radius 2 is 1.81 bits per heavy atom. The number of nitrogens with zero attached hydrogens (tertiary/aromatic N) is 3. The van der Waals surface area contributed by atoms with Crippen LogP contribution in [0, 0.1) is 5.82 Å². The summed E-state index contributed by atoms with van der Waals surface area (Å²) in [6.45, 7) is 1.91. The minimum atomic E-state index is -0.752. The van der Waals surface area contributed by atoms with Gasteiger partial charge in [-0.05, 0) is 28.5 Å². The Bertz CT molecular complexity index is 1470. The van der Waals surface area contributed by atoms with Crippen molar-refractivity contribution in [2.24, 2.45) is 0 Å². The molecule has 1 aliphatic rings. The van der Waals surface area contributed by atoms with Gasteiger partial charge in [-0.15, -0.1) is 0 Å². The average Bonchev–Trinajstić information content (AvgIpc) is 2.93. The minimum absolute atomic E-state index is 0.00582. The fourth-order valence-corrected chi connectivity index (χ4v) is 4.70. The maximum atomic E-state index is 15.3. The summed E-state index contributed by atoms with van der Waals surface area (Å²) in [4.78, 5) is 24.0. The van der Waals surface area contributed by atoms with Crippen LogP contribution >= 0.6 is 23.2 Å². The molecule has 2 heterocycles. The quantitative estimate of drug-likeness (QED) is 0.279. The topological polar surface area (TPSA) is 73.8 Å². The second-order valence-electron chi connectivity index (χ2n) is 8.29. The Kier molecular flexibility index (Phi) is 7.41. The van der Waals surface area contributed by atoms with Gasteiger partial charge in [0.2, 0.25) is 0 Å². The molecule has 4 aromatic rings. The predicted octanol–water partition coefficient (Wildman–Crippen LogP) is 5.94. The molecule has 0 radical (unpaired) electrons. The van der Waals surface area contributed by atoms with Crippen molar-refractivity contribution in [3.63, 3.8) is 0 Å². The van der Waals surface area contributed by atoms with Gasteiger partial charge in [0.1, 0.15) is 11.6 Å². The second-order valence-corrected chi connectivity index (χ2v) is 9.07. The molecule has 3 aromatic carbocycles. The minimum Gasteiger partial charge on any atom is -0.492 e. The zero-order chi connectivity index (χ0) is 25.9. The predicted molar refractivity (Wildman–Crippen MR) is 140 cm³/mol. The van der Waals surface area contributed by atoms with Crippen molar-refractivity contribution in [1.82, 2.24) is 9.97 Å². The molecule has 1 aliphatic heterocycles. The molecule has 190 valence electrons. The van der Waals surface area contributed by atoms with E-state index in [1.165, 1.54) is 19.2 Å². The zero-order valence-electron chi connectivity index (χ0n) is 19.8. The van der Waals surface area contributed by atoms with Crippen LogP contribution < -0.4 is 9.64 Å². The maximum Gasteiger partial charge on any atom is 0.359 e. The van der Waals surface area contributed by atoms with Crippen LogP contribution in [0.15, 0.2) is 54.6 Å². The van der Waals surface area contributed by atoms with E-state index in [1.54, 1.807) is 0 Å². The van der Waals surface area contributed by atoms with E-state index in [1.807, 2.05) is 47.4 Å². The maximum absolute atomic E-state index is 15.3. The SMILES string of the molecule is COc1c(Cl)ccc(-c2nc(C(=O)OCc3cccc4ccccc34)c(Cl)c(N3CCOCC3)n2)c1F. The summed E-state index contributed by atoms with van der Waals surface area (Å²) in [6, 6.07) is 16.5. The third-order valence-electron chi connectivity index (χ3n) is 6.07. The van der Waals surface area contributed by atoms with Crippen molar-refractivity contribution < 1.29 is 23.4 Å². The number of benzene rings is 3. The highest BCUT2D eigenvalue weighted by molar-refractivity contribution is 6.35. The highest BCUT2D eigenvalue weighted by Crippen LogP contribution is 2.36. The van der Waals surface area contributed by atoms with Gasteiger partial charge in [0.15, 0.2) is 28.9 Å². The first-order valence-corrected chi connectivity index (χ1v) is 12.3. The summed E-state index contributed by atoms with van der Waals surface area (Å²) < 4.78 is 31.4. The number of carbonyl (C=O) groups is 1. The Morgan fingerprint density at radius 1 is 1.05 bits per heavy atom. The lowest BCUT2D eigenvalue weighted by Crippen LogP contribution is -2.37. The average molecular weight is 542 g/mol. The standard InChI is InChI=1S/C27H22Cl2FN3O4/c1-35-24-20(28)10-9-19(22(24)30)25-31-23(21(29)26(32-25)33-11-13-36-14-12-33)27(34)37-15-17-7-4-6-16-5-2-3-8-18(16)17/h2-10H,11-15H2,1H3. The molecule has 0 amide bonds. The van der Waals surface area contributed by atoms with E-state index in [0.29, 0.717) is 32.1 Å². The molecule has 0 atom stereocenters. The van der Waals surface area contributed by atoms with E-state index in [9.17, 15) is 4.79 Å². The molecule has 0 saturated carbocycles. The molecule has 7 nitrogen and oxygen atoms in total. The number of hydrogen-bond acceptors (Lipinski definition) is 7. The number of halogens is 3. The number of aromatic nitrogens is 2. The van der Waals surface area contributed by atoms with Gasteiger partial charge in [-0.2, -0.15) is 0 Å². The normalized spacial score (nSPS) is 13.6. The highest BCUT2D eigenvalue weighted by atomic mass is 35.5. The van der Waals surface area contributed by atoms with E-state index < -0.39 is 11.8 Å². The van der Waals surface area contributed by atoms with Gasteiger partial charge in [0, 0.05) is 13.1 Å². The van der Waals surface area contributed by atoms with Crippen LogP contribution in [0.2, 0.25) is 10.0 Å². The molecule has 1 saturated heterocycles. The highest BCUT2D eigenvalue weighted by Gasteiger charge is 2.27. The smallest absolute Gasteiger partial charge is 0.359 e. The van der Waals surface area contributed by atoms with Gasteiger partial charge < -0.3 is 19.1 Å². The molecule has 10 heteroatoms. The number of methoxy groups -OCH3 is 1. The Labute approximate surface area is 222 Å². The van der Waals surface area contributed by atoms with Crippen LogP contribution in [-0.2, 0) is 16.1 Å². The first kappa shape index (κ1) is 25.2. The third kappa shape index (κ3) is 5.05. The number of fused-ring (bicyclic) bond motifs is 1. The van der Waals surface area contributed by atoms with Crippen molar-refractivity contribution in [3.8, 4) is 17.1 Å². The van der Waals surface area contributed by atoms with Crippen LogP contribution in [-0.4, -0.2) is 49.4 Å². The number of ether oxygens (including phenoxy) is 3. The van der Waals surface area contributed by atoms with Crippen LogP contribution in [0.5, 0.6) is 5.75 Å². The van der Waals surface area contributed by atoms with Crippen molar-refractivity contribution in [3.05, 3.63) is 81.7 Å². The molecule has 0 spiro atoms. The Hall–Kier alpha value is -3.46. The lowest BCUT2D eigenvalue weighted by molar-refractivity contribution is 0.0467. The van der Waals surface area contributed by atoms with Gasteiger partial charge >= 0.3 is 5.97 Å². The monoisotopic (exact) mass is 541 g/mol. The molecule has 0 N–H and O–H groups in total.